The van der Waals surface area contributed by atoms with Gasteiger partial charge in [0.2, 0.25) is 11.8 Å². The van der Waals surface area contributed by atoms with Gasteiger partial charge in [0.1, 0.15) is 0 Å². The molecule has 6 heteroatoms. The predicted molar refractivity (Wildman–Crippen MR) is 104 cm³/mol. The molecular weight excluding hydrogens is 346 g/mol. The van der Waals surface area contributed by atoms with Crippen molar-refractivity contribution in [3.63, 3.8) is 0 Å². The molecule has 5 nitrogen and oxygen atoms in total. The number of likely N-dealkylation sites (tertiary alicyclic amines) is 1. The van der Waals surface area contributed by atoms with Crippen molar-refractivity contribution in [2.24, 2.45) is 5.92 Å². The van der Waals surface area contributed by atoms with Crippen LogP contribution < -0.4 is 5.32 Å². The van der Waals surface area contributed by atoms with Crippen LogP contribution in [-0.4, -0.2) is 41.3 Å². The minimum atomic E-state index is 0.0872. The van der Waals surface area contributed by atoms with Crippen molar-refractivity contribution < 1.29 is 9.59 Å². The van der Waals surface area contributed by atoms with Gasteiger partial charge in [-0.3, -0.25) is 9.59 Å². The summed E-state index contributed by atoms with van der Waals surface area (Å²) in [5, 5.41) is 6.16. The van der Waals surface area contributed by atoms with Gasteiger partial charge in [-0.1, -0.05) is 19.8 Å². The van der Waals surface area contributed by atoms with Gasteiger partial charge in [-0.15, -0.1) is 11.3 Å². The summed E-state index contributed by atoms with van der Waals surface area (Å²) < 4.78 is 0. The molecule has 1 saturated heterocycles. The Morgan fingerprint density at radius 1 is 1.27 bits per heavy atom. The number of carbonyl (C=O) groups excluding carboxylic acids is 2. The molecule has 1 aliphatic heterocycles. The minimum absolute atomic E-state index is 0.0872. The average Bonchev–Trinajstić information content (AvgIpc) is 3.33. The molecular formula is C20H31N3O2S. The summed E-state index contributed by atoms with van der Waals surface area (Å²) in [5.74, 6) is 1.43. The number of thiazole rings is 1. The maximum absolute atomic E-state index is 12.6. The van der Waals surface area contributed by atoms with Gasteiger partial charge in [0.25, 0.3) is 0 Å². The van der Waals surface area contributed by atoms with E-state index in [0.29, 0.717) is 30.7 Å². The second-order valence-corrected chi connectivity index (χ2v) is 8.55. The molecule has 144 valence electrons. The molecule has 26 heavy (non-hydrogen) atoms. The minimum Gasteiger partial charge on any atom is -0.356 e. The molecule has 2 aliphatic rings. The van der Waals surface area contributed by atoms with Gasteiger partial charge in [0, 0.05) is 50.2 Å². The van der Waals surface area contributed by atoms with Crippen LogP contribution in [0.25, 0.3) is 0 Å². The fraction of sp³-hybridized carbons (Fsp3) is 0.750. The first kappa shape index (κ1) is 19.3. The van der Waals surface area contributed by atoms with Gasteiger partial charge in [-0.2, -0.15) is 0 Å². The number of hydrogen-bond acceptors (Lipinski definition) is 4. The Balaban J connectivity index is 1.49. The van der Waals surface area contributed by atoms with Crippen molar-refractivity contribution in [3.05, 3.63) is 16.1 Å². The van der Waals surface area contributed by atoms with Crippen molar-refractivity contribution in [3.8, 4) is 0 Å². The Kier molecular flexibility index (Phi) is 7.06. The Labute approximate surface area is 160 Å². The summed E-state index contributed by atoms with van der Waals surface area (Å²) in [6.07, 6.45) is 9.28. The lowest BCUT2D eigenvalue weighted by molar-refractivity contribution is -0.133. The van der Waals surface area contributed by atoms with E-state index in [1.807, 2.05) is 6.92 Å². The monoisotopic (exact) mass is 377 g/mol. The zero-order valence-electron chi connectivity index (χ0n) is 15.8. The second-order valence-electron chi connectivity index (χ2n) is 7.66. The van der Waals surface area contributed by atoms with Crippen LogP contribution in [0.15, 0.2) is 5.38 Å². The number of amides is 2. The molecule has 2 amide bonds. The topological polar surface area (TPSA) is 62.3 Å². The van der Waals surface area contributed by atoms with Gasteiger partial charge in [-0.05, 0) is 31.6 Å². The van der Waals surface area contributed by atoms with Gasteiger partial charge in [0.05, 0.1) is 10.7 Å². The lowest BCUT2D eigenvalue weighted by Crippen LogP contribution is -2.39. The first-order valence-electron chi connectivity index (χ1n) is 10.1. The molecule has 2 heterocycles. The lowest BCUT2D eigenvalue weighted by Gasteiger charge is -2.32. The SMILES string of the molecule is CCC(=O)NCCc1csc([C@@H]2CCCN(C(=O)CC3CCCC3)C2)n1. The molecule has 1 atom stereocenters. The quantitative estimate of drug-likeness (QED) is 0.791. The van der Waals surface area contributed by atoms with E-state index in [0.717, 1.165) is 49.5 Å². The highest BCUT2D eigenvalue weighted by Crippen LogP contribution is 2.32. The van der Waals surface area contributed by atoms with Crippen LogP contribution in [0.5, 0.6) is 0 Å². The molecule has 0 aromatic carbocycles. The molecule has 1 saturated carbocycles. The van der Waals surface area contributed by atoms with Crippen LogP contribution in [0.3, 0.4) is 0 Å². The van der Waals surface area contributed by atoms with Crippen molar-refractivity contribution >= 4 is 23.2 Å². The highest BCUT2D eigenvalue weighted by molar-refractivity contribution is 7.09. The highest BCUT2D eigenvalue weighted by atomic mass is 32.1. The van der Waals surface area contributed by atoms with Gasteiger partial charge in [0.15, 0.2) is 0 Å². The molecule has 1 aromatic rings. The molecule has 3 rings (SSSR count). The normalized spacial score (nSPS) is 21.1. The number of hydrogen-bond donors (Lipinski definition) is 1. The number of rotatable bonds is 7. The summed E-state index contributed by atoms with van der Waals surface area (Å²) in [6, 6.07) is 0. The van der Waals surface area contributed by atoms with Crippen molar-refractivity contribution in [2.45, 2.75) is 70.6 Å². The van der Waals surface area contributed by atoms with Crippen molar-refractivity contribution in [1.29, 1.82) is 0 Å². The third-order valence-corrected chi connectivity index (χ3v) is 6.71. The Hall–Kier alpha value is -1.43. The second kappa shape index (κ2) is 9.49. The summed E-state index contributed by atoms with van der Waals surface area (Å²) in [6.45, 7) is 4.24. The highest BCUT2D eigenvalue weighted by Gasteiger charge is 2.28. The van der Waals surface area contributed by atoms with Gasteiger partial charge < -0.3 is 10.2 Å². The molecule has 0 unspecified atom stereocenters. The Morgan fingerprint density at radius 2 is 2.08 bits per heavy atom. The summed E-state index contributed by atoms with van der Waals surface area (Å²) in [4.78, 5) is 30.8. The Bertz CT molecular complexity index is 610. The maximum Gasteiger partial charge on any atom is 0.222 e. The van der Waals surface area contributed by atoms with E-state index >= 15 is 0 Å². The van der Waals surface area contributed by atoms with Crippen LogP contribution in [0, 0.1) is 5.92 Å². The van der Waals surface area contributed by atoms with Gasteiger partial charge in [-0.25, -0.2) is 4.98 Å². The van der Waals surface area contributed by atoms with E-state index < -0.39 is 0 Å². The van der Waals surface area contributed by atoms with E-state index in [1.165, 1.54) is 25.7 Å². The molecule has 0 bridgehead atoms. The van der Waals surface area contributed by atoms with E-state index in [9.17, 15) is 9.59 Å². The lowest BCUT2D eigenvalue weighted by atomic mass is 9.97. The molecule has 1 aliphatic carbocycles. The first-order chi connectivity index (χ1) is 12.7. The van der Waals surface area contributed by atoms with E-state index in [-0.39, 0.29) is 5.91 Å². The fourth-order valence-corrected chi connectivity index (χ4v) is 5.06. The van der Waals surface area contributed by atoms with Crippen molar-refractivity contribution in [1.82, 2.24) is 15.2 Å². The number of nitrogens with zero attached hydrogens (tertiary/aromatic N) is 2. The number of piperidine rings is 1. The van der Waals surface area contributed by atoms with Gasteiger partial charge >= 0.3 is 0 Å². The smallest absolute Gasteiger partial charge is 0.222 e. The molecule has 0 radical (unpaired) electrons. The van der Waals surface area contributed by atoms with E-state index in [1.54, 1.807) is 11.3 Å². The molecule has 0 spiro atoms. The average molecular weight is 378 g/mol. The summed E-state index contributed by atoms with van der Waals surface area (Å²) in [7, 11) is 0. The number of aromatic nitrogens is 1. The first-order valence-corrected chi connectivity index (χ1v) is 11.0. The van der Waals surface area contributed by atoms with Crippen LogP contribution in [0.4, 0.5) is 0 Å². The standard InChI is InChI=1S/C20H31N3O2S/c1-2-18(24)21-10-9-17-14-26-20(22-17)16-8-5-11-23(13-16)19(25)12-15-6-3-4-7-15/h14-16H,2-13H2,1H3,(H,21,24)/t16-/m1/s1. The zero-order chi connectivity index (χ0) is 18.4. The van der Waals surface area contributed by atoms with Crippen molar-refractivity contribution in [2.75, 3.05) is 19.6 Å². The van der Waals surface area contributed by atoms with Crippen LogP contribution in [-0.2, 0) is 16.0 Å². The Morgan fingerprint density at radius 3 is 2.85 bits per heavy atom. The van der Waals surface area contributed by atoms with Crippen LogP contribution >= 0.6 is 11.3 Å². The maximum atomic E-state index is 12.6. The molecule has 1 N–H and O–H groups in total. The molecule has 2 fully saturated rings. The third-order valence-electron chi connectivity index (χ3n) is 5.66. The zero-order valence-corrected chi connectivity index (χ0v) is 16.7. The predicted octanol–water partition coefficient (Wildman–Crippen LogP) is 3.50. The van der Waals surface area contributed by atoms with Crippen LogP contribution in [0.1, 0.15) is 74.9 Å². The summed E-state index contributed by atoms with van der Waals surface area (Å²) in [5.41, 5.74) is 1.05. The summed E-state index contributed by atoms with van der Waals surface area (Å²) >= 11 is 1.71. The largest absolute Gasteiger partial charge is 0.356 e. The van der Waals surface area contributed by atoms with E-state index in [4.69, 9.17) is 4.98 Å². The number of nitrogens with one attached hydrogen (secondary N) is 1. The number of carbonyl (C=O) groups is 2. The van der Waals surface area contributed by atoms with Crippen LogP contribution in [0.2, 0.25) is 0 Å². The fourth-order valence-electron chi connectivity index (χ4n) is 4.08. The third kappa shape index (κ3) is 5.29. The molecule has 1 aromatic heterocycles. The van der Waals surface area contributed by atoms with E-state index in [2.05, 4.69) is 15.6 Å².